The van der Waals surface area contributed by atoms with E-state index in [0.29, 0.717) is 16.2 Å². The second kappa shape index (κ2) is 5.88. The third-order valence-electron chi connectivity index (χ3n) is 2.75. The lowest BCUT2D eigenvalue weighted by Gasteiger charge is -2.04. The quantitative estimate of drug-likeness (QED) is 0.580. The molecule has 8 heteroatoms. The van der Waals surface area contributed by atoms with Gasteiger partial charge in [-0.25, -0.2) is 14.6 Å². The van der Waals surface area contributed by atoms with Crippen molar-refractivity contribution in [3.8, 4) is 0 Å². The summed E-state index contributed by atoms with van der Waals surface area (Å²) < 4.78 is 1.57. The van der Waals surface area contributed by atoms with Crippen molar-refractivity contribution < 1.29 is 4.79 Å². The molecule has 1 aromatic carbocycles. The Hall–Kier alpha value is -2.48. The number of fused-ring (bicyclic) bond motifs is 1. The van der Waals surface area contributed by atoms with Crippen molar-refractivity contribution >= 4 is 34.5 Å². The van der Waals surface area contributed by atoms with E-state index in [1.54, 1.807) is 11.7 Å². The largest absolute Gasteiger partial charge is 0.325 e. The van der Waals surface area contributed by atoms with Gasteiger partial charge >= 0.3 is 0 Å². The molecule has 0 spiro atoms. The first-order valence-electron chi connectivity index (χ1n) is 6.22. The number of benzene rings is 1. The van der Waals surface area contributed by atoms with Crippen LogP contribution < -0.4 is 5.32 Å². The fourth-order valence-corrected chi connectivity index (χ4v) is 2.52. The Labute approximate surface area is 124 Å². The molecule has 0 bridgehead atoms. The summed E-state index contributed by atoms with van der Waals surface area (Å²) in [6.45, 7) is 0. The summed E-state index contributed by atoms with van der Waals surface area (Å²) >= 11 is 1.31. The minimum atomic E-state index is -0.0955. The highest BCUT2D eigenvalue weighted by Crippen LogP contribution is 2.22. The number of anilines is 1. The maximum atomic E-state index is 11.9. The van der Waals surface area contributed by atoms with Crippen LogP contribution in [0.5, 0.6) is 0 Å². The number of carbonyl (C=O) groups is 1. The maximum absolute atomic E-state index is 11.9. The number of hydrogen-bond acceptors (Lipinski definition) is 6. The van der Waals surface area contributed by atoms with Crippen LogP contribution in [0.2, 0.25) is 0 Å². The van der Waals surface area contributed by atoms with Crippen LogP contribution in [0.3, 0.4) is 0 Å². The van der Waals surface area contributed by atoms with Crippen molar-refractivity contribution in [3.05, 3.63) is 36.7 Å². The number of para-hydroxylation sites is 1. The van der Waals surface area contributed by atoms with E-state index in [1.807, 2.05) is 30.3 Å². The molecule has 0 atom stereocenters. The van der Waals surface area contributed by atoms with E-state index in [4.69, 9.17) is 0 Å². The third kappa shape index (κ3) is 3.00. The van der Waals surface area contributed by atoms with Crippen LogP contribution in [0.15, 0.2) is 41.7 Å². The Balaban J connectivity index is 1.68. The van der Waals surface area contributed by atoms with Gasteiger partial charge in [-0.3, -0.25) is 4.79 Å². The SMILES string of the molecule is Cn1nnc2c(SCC(=O)Nc3ccccc3)ncnc21. The summed E-state index contributed by atoms with van der Waals surface area (Å²) in [5.41, 5.74) is 2.03. The standard InChI is InChI=1S/C13H12N6OS/c1-19-12-11(17-18-19)13(15-8-14-12)21-7-10(20)16-9-5-3-2-4-6-9/h2-6,8H,7H2,1H3,(H,16,20). The van der Waals surface area contributed by atoms with Crippen molar-refractivity contribution in [2.45, 2.75) is 5.03 Å². The molecule has 0 fully saturated rings. The molecule has 7 nitrogen and oxygen atoms in total. The van der Waals surface area contributed by atoms with Gasteiger partial charge in [-0.2, -0.15) is 0 Å². The third-order valence-corrected chi connectivity index (χ3v) is 3.73. The van der Waals surface area contributed by atoms with Crippen LogP contribution in [0, 0.1) is 0 Å². The summed E-state index contributed by atoms with van der Waals surface area (Å²) in [7, 11) is 1.76. The molecule has 0 saturated heterocycles. The fourth-order valence-electron chi connectivity index (χ4n) is 1.79. The number of nitrogens with one attached hydrogen (secondary N) is 1. The van der Waals surface area contributed by atoms with E-state index < -0.39 is 0 Å². The van der Waals surface area contributed by atoms with Gasteiger partial charge in [-0.15, -0.1) is 5.10 Å². The molecule has 2 aromatic heterocycles. The Morgan fingerprint density at radius 3 is 2.90 bits per heavy atom. The van der Waals surface area contributed by atoms with Gasteiger partial charge in [0.15, 0.2) is 11.2 Å². The Morgan fingerprint density at radius 2 is 2.10 bits per heavy atom. The van der Waals surface area contributed by atoms with Gasteiger partial charge in [0.1, 0.15) is 11.4 Å². The molecule has 106 valence electrons. The molecule has 1 amide bonds. The van der Waals surface area contributed by atoms with Crippen LogP contribution >= 0.6 is 11.8 Å². The summed E-state index contributed by atoms with van der Waals surface area (Å²) in [4.78, 5) is 20.2. The molecule has 0 aliphatic carbocycles. The molecule has 0 saturated carbocycles. The zero-order valence-corrected chi connectivity index (χ0v) is 12.0. The molecule has 3 aromatic rings. The fraction of sp³-hybridized carbons (Fsp3) is 0.154. The van der Waals surface area contributed by atoms with Crippen molar-refractivity contribution in [1.29, 1.82) is 0 Å². The second-order valence-electron chi connectivity index (χ2n) is 4.27. The lowest BCUT2D eigenvalue weighted by Crippen LogP contribution is -2.14. The molecule has 0 radical (unpaired) electrons. The summed E-state index contributed by atoms with van der Waals surface area (Å²) in [5.74, 6) is 0.152. The predicted octanol–water partition coefficient (Wildman–Crippen LogP) is 1.49. The summed E-state index contributed by atoms with van der Waals surface area (Å²) in [5, 5.41) is 11.4. The first-order chi connectivity index (χ1) is 10.2. The molecular formula is C13H12N6OS. The van der Waals surface area contributed by atoms with Crippen LogP contribution in [0.1, 0.15) is 0 Å². The van der Waals surface area contributed by atoms with Crippen molar-refractivity contribution in [1.82, 2.24) is 25.0 Å². The van der Waals surface area contributed by atoms with E-state index in [0.717, 1.165) is 5.69 Å². The van der Waals surface area contributed by atoms with Crippen LogP contribution in [-0.2, 0) is 11.8 Å². The molecule has 3 rings (SSSR count). The van der Waals surface area contributed by atoms with Gasteiger partial charge < -0.3 is 5.32 Å². The number of hydrogen-bond donors (Lipinski definition) is 1. The van der Waals surface area contributed by atoms with E-state index in [1.165, 1.54) is 18.1 Å². The highest BCUT2D eigenvalue weighted by Gasteiger charge is 2.12. The van der Waals surface area contributed by atoms with Gasteiger partial charge in [0.2, 0.25) is 5.91 Å². The van der Waals surface area contributed by atoms with E-state index in [9.17, 15) is 4.79 Å². The number of aryl methyl sites for hydroxylation is 1. The molecule has 1 N–H and O–H groups in total. The van der Waals surface area contributed by atoms with Gasteiger partial charge in [0.05, 0.1) is 5.75 Å². The number of carbonyl (C=O) groups excluding carboxylic acids is 1. The van der Waals surface area contributed by atoms with Crippen molar-refractivity contribution in [2.75, 3.05) is 11.1 Å². The lowest BCUT2D eigenvalue weighted by atomic mass is 10.3. The first-order valence-corrected chi connectivity index (χ1v) is 7.20. The average Bonchev–Trinajstić information content (AvgIpc) is 2.88. The molecule has 2 heterocycles. The van der Waals surface area contributed by atoms with Gasteiger partial charge in [-0.05, 0) is 12.1 Å². The number of rotatable bonds is 4. The monoisotopic (exact) mass is 300 g/mol. The Bertz CT molecular complexity index is 773. The summed E-state index contributed by atoms with van der Waals surface area (Å²) in [6, 6.07) is 9.32. The molecule has 0 aliphatic heterocycles. The van der Waals surface area contributed by atoms with E-state index in [2.05, 4.69) is 25.6 Å². The number of nitrogens with zero attached hydrogens (tertiary/aromatic N) is 5. The lowest BCUT2D eigenvalue weighted by molar-refractivity contribution is -0.113. The second-order valence-corrected chi connectivity index (χ2v) is 5.23. The Morgan fingerprint density at radius 1 is 1.29 bits per heavy atom. The maximum Gasteiger partial charge on any atom is 0.234 e. The van der Waals surface area contributed by atoms with Gasteiger partial charge in [-0.1, -0.05) is 35.2 Å². The molecule has 0 aliphatic rings. The topological polar surface area (TPSA) is 85.6 Å². The van der Waals surface area contributed by atoms with Crippen molar-refractivity contribution in [3.63, 3.8) is 0 Å². The predicted molar refractivity (Wildman–Crippen MR) is 79.9 cm³/mol. The normalized spacial score (nSPS) is 10.7. The van der Waals surface area contributed by atoms with Gasteiger partial charge in [0.25, 0.3) is 0 Å². The van der Waals surface area contributed by atoms with Crippen LogP contribution in [0.4, 0.5) is 5.69 Å². The van der Waals surface area contributed by atoms with Crippen LogP contribution in [-0.4, -0.2) is 36.6 Å². The molecular weight excluding hydrogens is 288 g/mol. The number of aromatic nitrogens is 5. The average molecular weight is 300 g/mol. The van der Waals surface area contributed by atoms with E-state index >= 15 is 0 Å². The first kappa shape index (κ1) is 13.5. The van der Waals surface area contributed by atoms with Crippen LogP contribution in [0.25, 0.3) is 11.2 Å². The minimum Gasteiger partial charge on any atom is -0.325 e. The highest BCUT2D eigenvalue weighted by molar-refractivity contribution is 8.00. The van der Waals surface area contributed by atoms with E-state index in [-0.39, 0.29) is 11.7 Å². The highest BCUT2D eigenvalue weighted by atomic mass is 32.2. The molecule has 21 heavy (non-hydrogen) atoms. The number of thioether (sulfide) groups is 1. The zero-order chi connectivity index (χ0) is 14.7. The van der Waals surface area contributed by atoms with Gasteiger partial charge in [0, 0.05) is 12.7 Å². The zero-order valence-electron chi connectivity index (χ0n) is 11.2. The Kier molecular flexibility index (Phi) is 3.78. The summed E-state index contributed by atoms with van der Waals surface area (Å²) in [6.07, 6.45) is 1.45. The smallest absolute Gasteiger partial charge is 0.234 e. The van der Waals surface area contributed by atoms with Crippen molar-refractivity contribution in [2.24, 2.45) is 7.05 Å². The minimum absolute atomic E-state index is 0.0955. The molecule has 0 unspecified atom stereocenters. The number of amides is 1.